The van der Waals surface area contributed by atoms with Crippen molar-refractivity contribution in [3.63, 3.8) is 0 Å². The highest BCUT2D eigenvalue weighted by molar-refractivity contribution is 5.84. The third kappa shape index (κ3) is 3.02. The van der Waals surface area contributed by atoms with Gasteiger partial charge in [-0.15, -0.1) is 0 Å². The maximum Gasteiger partial charge on any atom is 0.328 e. The molecule has 0 spiro atoms. The fraction of sp³-hybridized carbons (Fsp3) is 0.222. The molecule has 0 bridgehead atoms. The number of aryl methyl sites for hydroxylation is 2. The van der Waals surface area contributed by atoms with E-state index in [1.165, 1.54) is 6.08 Å². The van der Waals surface area contributed by atoms with Crippen LogP contribution in [0, 0.1) is 13.8 Å². The highest BCUT2D eigenvalue weighted by Crippen LogP contribution is 2.00. The molecule has 4 nitrogen and oxygen atoms in total. The molecular weight excluding hydrogens is 168 g/mol. The van der Waals surface area contributed by atoms with Gasteiger partial charge in [0, 0.05) is 17.5 Å². The topological polar surface area (TPSA) is 63.1 Å². The fourth-order valence-electron chi connectivity index (χ4n) is 0.974. The van der Waals surface area contributed by atoms with Crippen molar-refractivity contribution < 1.29 is 9.90 Å². The molecule has 0 saturated carbocycles. The summed E-state index contributed by atoms with van der Waals surface area (Å²) in [5.74, 6) is -0.567. The van der Waals surface area contributed by atoms with Gasteiger partial charge in [0.1, 0.15) is 0 Å². The molecule has 0 aliphatic heterocycles. The summed E-state index contributed by atoms with van der Waals surface area (Å²) >= 11 is 0. The van der Waals surface area contributed by atoms with Crippen LogP contribution in [-0.4, -0.2) is 21.0 Å². The summed E-state index contributed by atoms with van der Waals surface area (Å²) in [6, 6.07) is 1.83. The molecule has 4 heteroatoms. The molecule has 68 valence electrons. The van der Waals surface area contributed by atoms with Gasteiger partial charge in [0.05, 0.1) is 0 Å². The molecule has 13 heavy (non-hydrogen) atoms. The van der Waals surface area contributed by atoms with Crippen LogP contribution in [-0.2, 0) is 4.79 Å². The largest absolute Gasteiger partial charge is 0.478 e. The van der Waals surface area contributed by atoms with Crippen molar-refractivity contribution in [2.45, 2.75) is 13.8 Å². The number of rotatable bonds is 2. The number of carbonyl (C=O) groups is 1. The normalized spacial score (nSPS) is 10.6. The van der Waals surface area contributed by atoms with E-state index in [-0.39, 0.29) is 0 Å². The van der Waals surface area contributed by atoms with Crippen molar-refractivity contribution in [2.75, 3.05) is 0 Å². The van der Waals surface area contributed by atoms with Gasteiger partial charge in [-0.05, 0) is 26.0 Å². The number of hydrogen-bond donors (Lipinski definition) is 1. The van der Waals surface area contributed by atoms with E-state index in [2.05, 4.69) is 9.97 Å². The third-order valence-electron chi connectivity index (χ3n) is 1.37. The molecule has 1 aromatic heterocycles. The van der Waals surface area contributed by atoms with E-state index in [0.29, 0.717) is 5.82 Å². The third-order valence-corrected chi connectivity index (χ3v) is 1.37. The zero-order valence-electron chi connectivity index (χ0n) is 7.48. The molecule has 0 fully saturated rings. The first-order valence-corrected chi connectivity index (χ1v) is 3.81. The summed E-state index contributed by atoms with van der Waals surface area (Å²) < 4.78 is 0. The molecule has 0 aromatic carbocycles. The first-order valence-electron chi connectivity index (χ1n) is 3.81. The summed E-state index contributed by atoms with van der Waals surface area (Å²) in [4.78, 5) is 18.3. The zero-order valence-corrected chi connectivity index (χ0v) is 7.48. The van der Waals surface area contributed by atoms with Crippen molar-refractivity contribution in [1.29, 1.82) is 0 Å². The van der Waals surface area contributed by atoms with Gasteiger partial charge in [0.25, 0.3) is 0 Å². The van der Waals surface area contributed by atoms with E-state index in [1.807, 2.05) is 19.9 Å². The van der Waals surface area contributed by atoms with Crippen LogP contribution in [0.2, 0.25) is 0 Å². The van der Waals surface area contributed by atoms with E-state index < -0.39 is 5.97 Å². The minimum atomic E-state index is -0.997. The molecule has 1 aromatic rings. The van der Waals surface area contributed by atoms with Crippen LogP contribution in [0.3, 0.4) is 0 Å². The molecule has 0 unspecified atom stereocenters. The lowest BCUT2D eigenvalue weighted by atomic mass is 10.3. The van der Waals surface area contributed by atoms with Crippen LogP contribution in [0.25, 0.3) is 6.08 Å². The highest BCUT2D eigenvalue weighted by Gasteiger charge is 1.95. The summed E-state index contributed by atoms with van der Waals surface area (Å²) in [6.45, 7) is 3.68. The first kappa shape index (κ1) is 9.38. The van der Waals surface area contributed by atoms with Gasteiger partial charge in [0.2, 0.25) is 0 Å². The number of carboxylic acids is 1. The Labute approximate surface area is 76.0 Å². The second kappa shape index (κ2) is 3.80. The van der Waals surface area contributed by atoms with Crippen molar-refractivity contribution in [1.82, 2.24) is 9.97 Å². The summed E-state index contributed by atoms with van der Waals surface area (Å²) in [5.41, 5.74) is 1.66. The van der Waals surface area contributed by atoms with Gasteiger partial charge in [-0.1, -0.05) is 0 Å². The maximum absolute atomic E-state index is 10.2. The van der Waals surface area contributed by atoms with Crippen LogP contribution >= 0.6 is 0 Å². The number of aromatic nitrogens is 2. The molecule has 1 rings (SSSR count). The Kier molecular flexibility index (Phi) is 2.74. The first-order chi connectivity index (χ1) is 6.08. The second-order valence-corrected chi connectivity index (χ2v) is 2.68. The highest BCUT2D eigenvalue weighted by atomic mass is 16.4. The van der Waals surface area contributed by atoms with Crippen molar-refractivity contribution >= 4 is 12.0 Å². The Bertz CT molecular complexity index is 338. The van der Waals surface area contributed by atoms with Gasteiger partial charge in [-0.2, -0.15) is 0 Å². The van der Waals surface area contributed by atoms with Crippen LogP contribution in [0.4, 0.5) is 0 Å². The predicted molar refractivity (Wildman–Crippen MR) is 48.2 cm³/mol. The lowest BCUT2D eigenvalue weighted by molar-refractivity contribution is -0.131. The van der Waals surface area contributed by atoms with E-state index in [9.17, 15) is 4.79 Å². The molecular formula is C9H10N2O2. The Hall–Kier alpha value is -1.71. The molecule has 0 atom stereocenters. The van der Waals surface area contributed by atoms with E-state index >= 15 is 0 Å². The SMILES string of the molecule is Cc1cc(C)nc(C=CC(=O)O)n1. The Balaban J connectivity index is 2.95. The number of hydrogen-bond acceptors (Lipinski definition) is 3. The average Bonchev–Trinajstić information content (AvgIpc) is 1.99. The minimum absolute atomic E-state index is 0.430. The van der Waals surface area contributed by atoms with E-state index in [0.717, 1.165) is 17.5 Å². The lowest BCUT2D eigenvalue weighted by Crippen LogP contribution is -1.94. The lowest BCUT2D eigenvalue weighted by Gasteiger charge is -1.96. The van der Waals surface area contributed by atoms with Crippen LogP contribution in [0.15, 0.2) is 12.1 Å². The smallest absolute Gasteiger partial charge is 0.328 e. The Morgan fingerprint density at radius 3 is 2.38 bits per heavy atom. The van der Waals surface area contributed by atoms with Crippen LogP contribution < -0.4 is 0 Å². The molecule has 0 saturated heterocycles. The van der Waals surface area contributed by atoms with Crippen molar-refractivity contribution in [2.24, 2.45) is 0 Å². The minimum Gasteiger partial charge on any atom is -0.478 e. The fourth-order valence-corrected chi connectivity index (χ4v) is 0.974. The molecule has 1 N–H and O–H groups in total. The van der Waals surface area contributed by atoms with Gasteiger partial charge in [0.15, 0.2) is 5.82 Å². The zero-order chi connectivity index (χ0) is 9.84. The van der Waals surface area contributed by atoms with Crippen LogP contribution in [0.5, 0.6) is 0 Å². The van der Waals surface area contributed by atoms with E-state index in [1.54, 1.807) is 0 Å². The van der Waals surface area contributed by atoms with Gasteiger partial charge in [-0.25, -0.2) is 14.8 Å². The molecule has 0 amide bonds. The number of carboxylic acid groups (broad SMARTS) is 1. The molecule has 0 aliphatic rings. The second-order valence-electron chi connectivity index (χ2n) is 2.68. The maximum atomic E-state index is 10.2. The van der Waals surface area contributed by atoms with Crippen LogP contribution in [0.1, 0.15) is 17.2 Å². The van der Waals surface area contributed by atoms with Gasteiger partial charge < -0.3 is 5.11 Å². The number of nitrogens with zero attached hydrogens (tertiary/aromatic N) is 2. The number of aliphatic carboxylic acids is 1. The standard InChI is InChI=1S/C9H10N2O2/c1-6-5-7(2)11-8(10-6)3-4-9(12)13/h3-5H,1-2H3,(H,12,13). The monoisotopic (exact) mass is 178 g/mol. The van der Waals surface area contributed by atoms with Gasteiger partial charge in [-0.3, -0.25) is 0 Å². The molecule has 0 aliphatic carbocycles. The summed E-state index contributed by atoms with van der Waals surface area (Å²) in [7, 11) is 0. The quantitative estimate of drug-likeness (QED) is 0.691. The summed E-state index contributed by atoms with van der Waals surface area (Å²) in [5, 5.41) is 8.37. The van der Waals surface area contributed by atoms with Crippen molar-refractivity contribution in [3.8, 4) is 0 Å². The van der Waals surface area contributed by atoms with E-state index in [4.69, 9.17) is 5.11 Å². The van der Waals surface area contributed by atoms with Crippen molar-refractivity contribution in [3.05, 3.63) is 29.4 Å². The summed E-state index contributed by atoms with van der Waals surface area (Å²) in [6.07, 6.45) is 2.40. The molecule has 1 heterocycles. The van der Waals surface area contributed by atoms with Gasteiger partial charge >= 0.3 is 5.97 Å². The Morgan fingerprint density at radius 1 is 1.38 bits per heavy atom. The molecule has 0 radical (unpaired) electrons. The predicted octanol–water partition coefficient (Wildman–Crippen LogP) is 1.19. The Morgan fingerprint density at radius 2 is 1.92 bits per heavy atom. The average molecular weight is 178 g/mol.